The van der Waals surface area contributed by atoms with Crippen LogP contribution in [0.2, 0.25) is 0 Å². The van der Waals surface area contributed by atoms with Gasteiger partial charge in [-0.1, -0.05) is 6.07 Å². The van der Waals surface area contributed by atoms with Gasteiger partial charge in [0.25, 0.3) is 5.91 Å². The van der Waals surface area contributed by atoms with Crippen LogP contribution in [0.25, 0.3) is 0 Å². The largest absolute Gasteiger partial charge is 0.339 e. The van der Waals surface area contributed by atoms with Crippen LogP contribution in [-0.2, 0) is 4.79 Å². The van der Waals surface area contributed by atoms with Gasteiger partial charge in [-0.05, 0) is 44.1 Å². The number of piperazine rings is 1. The summed E-state index contributed by atoms with van der Waals surface area (Å²) >= 11 is 0. The molecule has 1 aromatic carbocycles. The number of nitrogens with zero attached hydrogens (tertiary/aromatic N) is 4. The highest BCUT2D eigenvalue weighted by Crippen LogP contribution is 2.12. The highest BCUT2D eigenvalue weighted by atomic mass is 16.2. The standard InChI is InChI=1S/C19H24N4O2/c20-15-16-4-3-5-17(14-16)19(25)23-12-10-22(11-13-23)18(24)6-9-21-7-1-2-8-21/h3-5,14H,1-2,6-13H2. The Labute approximate surface area is 148 Å². The summed E-state index contributed by atoms with van der Waals surface area (Å²) in [4.78, 5) is 30.9. The molecule has 2 saturated heterocycles. The molecule has 0 saturated carbocycles. The van der Waals surface area contributed by atoms with Crippen LogP contribution >= 0.6 is 0 Å². The van der Waals surface area contributed by atoms with Crippen molar-refractivity contribution in [3.8, 4) is 6.07 Å². The lowest BCUT2D eigenvalue weighted by Crippen LogP contribution is -2.51. The fourth-order valence-electron chi connectivity index (χ4n) is 3.48. The van der Waals surface area contributed by atoms with Gasteiger partial charge in [0.15, 0.2) is 0 Å². The first-order chi connectivity index (χ1) is 12.2. The summed E-state index contributed by atoms with van der Waals surface area (Å²) in [7, 11) is 0. The molecule has 1 aromatic rings. The highest BCUT2D eigenvalue weighted by Gasteiger charge is 2.25. The van der Waals surface area contributed by atoms with E-state index >= 15 is 0 Å². The van der Waals surface area contributed by atoms with E-state index in [1.807, 2.05) is 4.90 Å². The summed E-state index contributed by atoms with van der Waals surface area (Å²) < 4.78 is 0. The van der Waals surface area contributed by atoms with Crippen LogP contribution in [-0.4, -0.2) is 72.3 Å². The number of nitriles is 1. The molecule has 132 valence electrons. The maximum absolute atomic E-state index is 12.6. The number of hydrogen-bond acceptors (Lipinski definition) is 4. The Morgan fingerprint density at radius 3 is 2.36 bits per heavy atom. The third kappa shape index (κ3) is 4.37. The minimum atomic E-state index is -0.0683. The summed E-state index contributed by atoms with van der Waals surface area (Å²) in [5, 5.41) is 8.96. The zero-order valence-electron chi connectivity index (χ0n) is 14.5. The SMILES string of the molecule is N#Cc1cccc(C(=O)N2CCN(C(=O)CCN3CCCC3)CC2)c1. The zero-order valence-corrected chi connectivity index (χ0v) is 14.5. The Morgan fingerprint density at radius 1 is 1.00 bits per heavy atom. The molecule has 2 heterocycles. The third-order valence-corrected chi connectivity index (χ3v) is 5.00. The molecule has 25 heavy (non-hydrogen) atoms. The minimum absolute atomic E-state index is 0.0683. The summed E-state index contributed by atoms with van der Waals surface area (Å²) in [6.45, 7) is 5.33. The minimum Gasteiger partial charge on any atom is -0.339 e. The van der Waals surface area contributed by atoms with E-state index in [1.165, 1.54) is 12.8 Å². The van der Waals surface area contributed by atoms with Gasteiger partial charge in [-0.3, -0.25) is 9.59 Å². The number of carbonyl (C=O) groups is 2. The first-order valence-electron chi connectivity index (χ1n) is 8.97. The van der Waals surface area contributed by atoms with E-state index in [0.29, 0.717) is 43.7 Å². The molecule has 2 aliphatic heterocycles. The molecule has 3 rings (SSSR count). The summed E-state index contributed by atoms with van der Waals surface area (Å²) in [6, 6.07) is 8.82. The monoisotopic (exact) mass is 340 g/mol. The molecule has 2 aliphatic rings. The van der Waals surface area contributed by atoms with Crippen LogP contribution in [0.5, 0.6) is 0 Å². The Bertz CT molecular complexity index is 668. The van der Waals surface area contributed by atoms with Crippen molar-refractivity contribution < 1.29 is 9.59 Å². The first-order valence-corrected chi connectivity index (χ1v) is 8.97. The molecule has 0 aliphatic carbocycles. The van der Waals surface area contributed by atoms with Gasteiger partial charge in [-0.15, -0.1) is 0 Å². The molecule has 0 unspecified atom stereocenters. The van der Waals surface area contributed by atoms with Gasteiger partial charge in [-0.25, -0.2) is 0 Å². The second-order valence-corrected chi connectivity index (χ2v) is 6.66. The summed E-state index contributed by atoms with van der Waals surface area (Å²) in [5.74, 6) is 0.117. The maximum Gasteiger partial charge on any atom is 0.254 e. The van der Waals surface area contributed by atoms with Crippen molar-refractivity contribution in [3.05, 3.63) is 35.4 Å². The fourth-order valence-corrected chi connectivity index (χ4v) is 3.48. The lowest BCUT2D eigenvalue weighted by Gasteiger charge is -2.35. The first kappa shape index (κ1) is 17.4. The number of rotatable bonds is 4. The van der Waals surface area contributed by atoms with E-state index < -0.39 is 0 Å². The summed E-state index contributed by atoms with van der Waals surface area (Å²) in [6.07, 6.45) is 3.04. The topological polar surface area (TPSA) is 67.6 Å². The fraction of sp³-hybridized carbons (Fsp3) is 0.526. The quantitative estimate of drug-likeness (QED) is 0.829. The van der Waals surface area contributed by atoms with Crippen molar-refractivity contribution in [2.24, 2.45) is 0 Å². The number of benzene rings is 1. The average Bonchev–Trinajstić information content (AvgIpc) is 3.19. The van der Waals surface area contributed by atoms with Crippen LogP contribution in [0.1, 0.15) is 35.2 Å². The van der Waals surface area contributed by atoms with Gasteiger partial charge in [-0.2, -0.15) is 5.26 Å². The van der Waals surface area contributed by atoms with Crippen molar-refractivity contribution >= 4 is 11.8 Å². The molecule has 0 atom stereocenters. The van der Waals surface area contributed by atoms with Gasteiger partial charge < -0.3 is 14.7 Å². The van der Waals surface area contributed by atoms with Crippen molar-refractivity contribution in [2.75, 3.05) is 45.8 Å². The molecule has 0 aromatic heterocycles. The Balaban J connectivity index is 1.48. The van der Waals surface area contributed by atoms with Crippen LogP contribution in [0.15, 0.2) is 24.3 Å². The van der Waals surface area contributed by atoms with Gasteiger partial charge in [0.2, 0.25) is 5.91 Å². The van der Waals surface area contributed by atoms with Crippen molar-refractivity contribution in [1.82, 2.24) is 14.7 Å². The molecule has 0 radical (unpaired) electrons. The van der Waals surface area contributed by atoms with Gasteiger partial charge in [0.05, 0.1) is 11.6 Å². The molecular weight excluding hydrogens is 316 g/mol. The van der Waals surface area contributed by atoms with E-state index in [2.05, 4.69) is 11.0 Å². The van der Waals surface area contributed by atoms with Crippen LogP contribution < -0.4 is 0 Å². The number of carbonyl (C=O) groups excluding carboxylic acids is 2. The van der Waals surface area contributed by atoms with Crippen LogP contribution in [0.3, 0.4) is 0 Å². The lowest BCUT2D eigenvalue weighted by molar-refractivity contribution is -0.133. The molecule has 6 heteroatoms. The molecule has 6 nitrogen and oxygen atoms in total. The molecule has 0 N–H and O–H groups in total. The maximum atomic E-state index is 12.6. The molecule has 2 fully saturated rings. The average molecular weight is 340 g/mol. The van der Waals surface area contributed by atoms with E-state index in [9.17, 15) is 9.59 Å². The second-order valence-electron chi connectivity index (χ2n) is 6.66. The molecule has 0 spiro atoms. The zero-order chi connectivity index (χ0) is 17.6. The lowest BCUT2D eigenvalue weighted by atomic mass is 10.1. The normalized spacial score (nSPS) is 18.2. The highest BCUT2D eigenvalue weighted by molar-refractivity contribution is 5.94. The predicted octanol–water partition coefficient (Wildman–Crippen LogP) is 1.33. The third-order valence-electron chi connectivity index (χ3n) is 5.00. The van der Waals surface area contributed by atoms with Crippen molar-refractivity contribution in [3.63, 3.8) is 0 Å². The van der Waals surface area contributed by atoms with Crippen molar-refractivity contribution in [2.45, 2.75) is 19.3 Å². The predicted molar refractivity (Wildman–Crippen MR) is 93.9 cm³/mol. The Kier molecular flexibility index (Phi) is 5.67. The van der Waals surface area contributed by atoms with Gasteiger partial charge >= 0.3 is 0 Å². The van der Waals surface area contributed by atoms with Gasteiger partial charge in [0.1, 0.15) is 0 Å². The Morgan fingerprint density at radius 2 is 1.68 bits per heavy atom. The van der Waals surface area contributed by atoms with Gasteiger partial charge in [0, 0.05) is 44.7 Å². The summed E-state index contributed by atoms with van der Waals surface area (Å²) in [5.41, 5.74) is 1.02. The molecule has 0 bridgehead atoms. The van der Waals surface area contributed by atoms with Crippen LogP contribution in [0, 0.1) is 11.3 Å². The Hall–Kier alpha value is -2.39. The van der Waals surface area contributed by atoms with Crippen LogP contribution in [0.4, 0.5) is 0 Å². The molecule has 2 amide bonds. The van der Waals surface area contributed by atoms with E-state index in [0.717, 1.165) is 19.6 Å². The van der Waals surface area contributed by atoms with Crippen molar-refractivity contribution in [1.29, 1.82) is 5.26 Å². The van der Waals surface area contributed by atoms with E-state index in [-0.39, 0.29) is 11.8 Å². The number of likely N-dealkylation sites (tertiary alicyclic amines) is 1. The van der Waals surface area contributed by atoms with E-state index in [4.69, 9.17) is 5.26 Å². The molecular formula is C19H24N4O2. The number of amides is 2. The second kappa shape index (κ2) is 8.13. The smallest absolute Gasteiger partial charge is 0.254 e. The number of hydrogen-bond donors (Lipinski definition) is 0. The van der Waals surface area contributed by atoms with E-state index in [1.54, 1.807) is 29.2 Å².